The molecule has 0 aromatic carbocycles. The first-order valence-electron chi connectivity index (χ1n) is 7.42. The number of hydrogen-bond acceptors (Lipinski definition) is 4. The van der Waals surface area contributed by atoms with Crippen LogP contribution in [0.1, 0.15) is 57.5 Å². The van der Waals surface area contributed by atoms with E-state index in [-0.39, 0.29) is 12.5 Å². The second-order valence-electron chi connectivity index (χ2n) is 5.94. The van der Waals surface area contributed by atoms with Crippen LogP contribution in [0.3, 0.4) is 0 Å². The number of aliphatic hydroxyl groups is 1. The molecular formula is C15H26N2O2. The van der Waals surface area contributed by atoms with Gasteiger partial charge in [0.25, 0.3) is 0 Å². The van der Waals surface area contributed by atoms with Crippen molar-refractivity contribution in [3.05, 3.63) is 17.8 Å². The number of nitrogens with zero attached hydrogens (tertiary/aromatic N) is 2. The summed E-state index contributed by atoms with van der Waals surface area (Å²) in [6, 6.07) is 1.13. The van der Waals surface area contributed by atoms with Crippen LogP contribution in [0.5, 0.6) is 0 Å². The number of rotatable bonds is 5. The third-order valence-corrected chi connectivity index (χ3v) is 4.09. The highest BCUT2D eigenvalue weighted by atomic mass is 16.3. The first-order valence-corrected chi connectivity index (χ1v) is 7.42. The topological polar surface area (TPSA) is 49.5 Å². The first-order chi connectivity index (χ1) is 9.11. The maximum Gasteiger partial charge on any atom is 0.195 e. The molecule has 0 amide bonds. The fourth-order valence-corrected chi connectivity index (χ4v) is 2.86. The molecule has 1 aliphatic heterocycles. The molecule has 0 saturated carbocycles. The Labute approximate surface area is 115 Å². The lowest BCUT2D eigenvalue weighted by Crippen LogP contribution is -2.45. The van der Waals surface area contributed by atoms with Gasteiger partial charge in [0.05, 0.1) is 12.3 Å². The van der Waals surface area contributed by atoms with E-state index < -0.39 is 0 Å². The zero-order chi connectivity index (χ0) is 13.8. The monoisotopic (exact) mass is 266 g/mol. The van der Waals surface area contributed by atoms with Crippen LogP contribution < -0.4 is 0 Å². The van der Waals surface area contributed by atoms with E-state index in [0.29, 0.717) is 12.1 Å². The molecule has 0 radical (unpaired) electrons. The number of piperidine rings is 1. The number of aromatic nitrogens is 1. The molecule has 0 spiro atoms. The smallest absolute Gasteiger partial charge is 0.195 e. The van der Waals surface area contributed by atoms with Crippen molar-refractivity contribution >= 4 is 0 Å². The molecule has 2 atom stereocenters. The van der Waals surface area contributed by atoms with Crippen LogP contribution in [0.2, 0.25) is 0 Å². The van der Waals surface area contributed by atoms with Crippen LogP contribution in [-0.4, -0.2) is 40.2 Å². The van der Waals surface area contributed by atoms with Crippen molar-refractivity contribution in [3.63, 3.8) is 0 Å². The van der Waals surface area contributed by atoms with Crippen molar-refractivity contribution in [1.29, 1.82) is 0 Å². The highest BCUT2D eigenvalue weighted by Gasteiger charge is 2.26. The predicted molar refractivity (Wildman–Crippen MR) is 75.2 cm³/mol. The minimum atomic E-state index is 0.0602. The lowest BCUT2D eigenvalue weighted by Gasteiger charge is -2.38. The molecule has 1 N–H and O–H groups in total. The molecule has 4 nitrogen and oxygen atoms in total. The summed E-state index contributed by atoms with van der Waals surface area (Å²) in [4.78, 5) is 7.07. The van der Waals surface area contributed by atoms with Gasteiger partial charge in [-0.05, 0) is 33.2 Å². The Morgan fingerprint density at radius 1 is 1.42 bits per heavy atom. The summed E-state index contributed by atoms with van der Waals surface area (Å²) < 4.78 is 5.57. The number of hydrogen-bond donors (Lipinski definition) is 1. The van der Waals surface area contributed by atoms with E-state index in [1.807, 2.05) is 6.92 Å². The van der Waals surface area contributed by atoms with Crippen LogP contribution in [0, 0.1) is 0 Å². The molecule has 1 fully saturated rings. The second kappa shape index (κ2) is 6.53. The Hall–Kier alpha value is -0.870. The number of aliphatic hydroxyl groups excluding tert-OH is 1. The van der Waals surface area contributed by atoms with Gasteiger partial charge in [-0.2, -0.15) is 0 Å². The van der Waals surface area contributed by atoms with E-state index in [1.165, 1.54) is 25.8 Å². The number of likely N-dealkylation sites (tertiary alicyclic amines) is 1. The highest BCUT2D eigenvalue weighted by molar-refractivity contribution is 5.04. The van der Waals surface area contributed by atoms with Crippen LogP contribution in [-0.2, 0) is 6.42 Å². The van der Waals surface area contributed by atoms with Gasteiger partial charge in [0, 0.05) is 24.4 Å². The zero-order valence-electron chi connectivity index (χ0n) is 12.3. The first kappa shape index (κ1) is 14.5. The summed E-state index contributed by atoms with van der Waals surface area (Å²) in [6.45, 7) is 7.78. The average molecular weight is 266 g/mol. The molecule has 1 aromatic rings. The quantitative estimate of drug-likeness (QED) is 0.890. The molecule has 2 heterocycles. The molecule has 1 aromatic heterocycles. The zero-order valence-corrected chi connectivity index (χ0v) is 12.3. The van der Waals surface area contributed by atoms with Gasteiger partial charge in [0.1, 0.15) is 6.26 Å². The molecule has 1 saturated heterocycles. The molecular weight excluding hydrogens is 240 g/mol. The van der Waals surface area contributed by atoms with Crippen molar-refractivity contribution in [3.8, 4) is 0 Å². The second-order valence-corrected chi connectivity index (χ2v) is 5.94. The highest BCUT2D eigenvalue weighted by Crippen LogP contribution is 2.23. The molecule has 19 heavy (non-hydrogen) atoms. The van der Waals surface area contributed by atoms with Crippen molar-refractivity contribution < 1.29 is 9.52 Å². The summed E-state index contributed by atoms with van der Waals surface area (Å²) in [6.07, 6.45) is 6.40. The van der Waals surface area contributed by atoms with Crippen LogP contribution in [0.25, 0.3) is 0 Å². The summed E-state index contributed by atoms with van der Waals surface area (Å²) in [5.41, 5.74) is 0.865. The molecule has 1 aliphatic rings. The summed E-state index contributed by atoms with van der Waals surface area (Å²) in [7, 11) is 0. The van der Waals surface area contributed by atoms with Gasteiger partial charge in [-0.1, -0.05) is 13.3 Å². The van der Waals surface area contributed by atoms with Gasteiger partial charge in [-0.25, -0.2) is 4.98 Å². The van der Waals surface area contributed by atoms with E-state index >= 15 is 0 Å². The Morgan fingerprint density at radius 3 is 2.89 bits per heavy atom. The normalized spacial score (nSPS) is 22.9. The fourth-order valence-electron chi connectivity index (χ4n) is 2.86. The molecule has 2 rings (SSSR count). The molecule has 108 valence electrons. The average Bonchev–Trinajstić information content (AvgIpc) is 2.86. The van der Waals surface area contributed by atoms with E-state index in [0.717, 1.165) is 18.0 Å². The fraction of sp³-hybridized carbons (Fsp3) is 0.800. The maximum atomic E-state index is 9.14. The van der Waals surface area contributed by atoms with Crippen molar-refractivity contribution in [1.82, 2.24) is 9.88 Å². The van der Waals surface area contributed by atoms with Gasteiger partial charge in [-0.15, -0.1) is 0 Å². The number of oxazole rings is 1. The summed E-state index contributed by atoms with van der Waals surface area (Å²) in [5.74, 6) is 0.873. The lowest BCUT2D eigenvalue weighted by molar-refractivity contribution is 0.107. The summed E-state index contributed by atoms with van der Waals surface area (Å²) >= 11 is 0. The minimum absolute atomic E-state index is 0.0602. The lowest BCUT2D eigenvalue weighted by atomic mass is 9.98. The Bertz CT molecular complexity index is 389. The molecule has 0 bridgehead atoms. The Kier molecular flexibility index (Phi) is 4.99. The van der Waals surface area contributed by atoms with Crippen molar-refractivity contribution in [2.75, 3.05) is 13.2 Å². The van der Waals surface area contributed by atoms with Gasteiger partial charge in [-0.3, -0.25) is 4.90 Å². The van der Waals surface area contributed by atoms with Crippen molar-refractivity contribution in [2.45, 2.75) is 64.5 Å². The SMILES string of the molecule is CC(CO)c1coc(CC2CCCCN2C(C)C)n1. The Balaban J connectivity index is 2.00. The third kappa shape index (κ3) is 3.57. The predicted octanol–water partition coefficient (Wildman–Crippen LogP) is 2.58. The summed E-state index contributed by atoms with van der Waals surface area (Å²) in [5, 5.41) is 9.14. The molecule has 0 aliphatic carbocycles. The Morgan fingerprint density at radius 2 is 2.21 bits per heavy atom. The van der Waals surface area contributed by atoms with Crippen molar-refractivity contribution in [2.24, 2.45) is 0 Å². The van der Waals surface area contributed by atoms with E-state index in [4.69, 9.17) is 9.52 Å². The third-order valence-electron chi connectivity index (χ3n) is 4.09. The largest absolute Gasteiger partial charge is 0.449 e. The van der Waals surface area contributed by atoms with Gasteiger partial charge >= 0.3 is 0 Å². The standard InChI is InChI=1S/C15H26N2O2/c1-11(2)17-7-5-4-6-13(17)8-15-16-14(10-19-15)12(3)9-18/h10-13,18H,4-9H2,1-3H3. The molecule has 2 unspecified atom stereocenters. The van der Waals surface area contributed by atoms with E-state index in [9.17, 15) is 0 Å². The van der Waals surface area contributed by atoms with E-state index in [2.05, 4.69) is 23.7 Å². The minimum Gasteiger partial charge on any atom is -0.449 e. The van der Waals surface area contributed by atoms with E-state index in [1.54, 1.807) is 6.26 Å². The van der Waals surface area contributed by atoms with Gasteiger partial charge < -0.3 is 9.52 Å². The van der Waals surface area contributed by atoms with Crippen LogP contribution in [0.15, 0.2) is 10.7 Å². The van der Waals surface area contributed by atoms with Gasteiger partial charge in [0.15, 0.2) is 5.89 Å². The van der Waals surface area contributed by atoms with Gasteiger partial charge in [0.2, 0.25) is 0 Å². The van der Waals surface area contributed by atoms with Crippen LogP contribution >= 0.6 is 0 Å². The maximum absolute atomic E-state index is 9.14. The molecule has 4 heteroatoms. The van der Waals surface area contributed by atoms with Crippen LogP contribution in [0.4, 0.5) is 0 Å².